The molecule has 0 N–H and O–H groups in total. The second kappa shape index (κ2) is 15.4. The molecule has 298 valence electrons. The fourth-order valence-corrected chi connectivity index (χ4v) is 9.79. The molecule has 0 atom stereocenters. The maximum Gasteiger partial charge on any atom is 0.160 e. The van der Waals surface area contributed by atoms with Crippen LogP contribution >= 0.6 is 0 Å². The van der Waals surface area contributed by atoms with E-state index in [-0.39, 0.29) is 0 Å². The molecule has 2 aromatic heterocycles. The Labute approximate surface area is 366 Å². The lowest BCUT2D eigenvalue weighted by atomic mass is 9.91. The summed E-state index contributed by atoms with van der Waals surface area (Å²) in [5, 5.41) is 3.72. The van der Waals surface area contributed by atoms with Gasteiger partial charge in [0.2, 0.25) is 0 Å². The highest BCUT2D eigenvalue weighted by Crippen LogP contribution is 2.39. The summed E-state index contributed by atoms with van der Waals surface area (Å²) in [6, 6.07) is 71.8. The number of benzene rings is 8. The average Bonchev–Trinajstić information content (AvgIpc) is 3.76. The highest BCUT2D eigenvalue weighted by atomic mass is 15.0. The Balaban J connectivity index is 1.06. The highest BCUT2D eigenvalue weighted by molar-refractivity contribution is 6.19. The summed E-state index contributed by atoms with van der Waals surface area (Å²) >= 11 is 0. The van der Waals surface area contributed by atoms with E-state index in [0.717, 1.165) is 63.3 Å². The van der Waals surface area contributed by atoms with Crippen LogP contribution in [0.2, 0.25) is 0 Å². The van der Waals surface area contributed by atoms with Crippen LogP contribution in [0.5, 0.6) is 0 Å². The van der Waals surface area contributed by atoms with Crippen LogP contribution in [0.4, 0.5) is 0 Å². The third-order valence-corrected chi connectivity index (χ3v) is 12.7. The van der Waals surface area contributed by atoms with Gasteiger partial charge in [0.15, 0.2) is 5.84 Å². The number of nitrogens with zero attached hydrogens (tertiary/aromatic N) is 4. The number of fused-ring (bicyclic) bond motifs is 6. The van der Waals surface area contributed by atoms with E-state index in [0.29, 0.717) is 12.3 Å². The molecule has 2 aliphatic rings. The van der Waals surface area contributed by atoms with Crippen LogP contribution in [0.25, 0.3) is 78.1 Å². The summed E-state index contributed by atoms with van der Waals surface area (Å²) in [6.45, 7) is 0. The van der Waals surface area contributed by atoms with Gasteiger partial charge in [-0.15, -0.1) is 0 Å². The van der Waals surface area contributed by atoms with E-state index in [1.54, 1.807) is 0 Å². The minimum Gasteiger partial charge on any atom is -0.310 e. The molecule has 63 heavy (non-hydrogen) atoms. The Hall–Kier alpha value is -8.08. The minimum absolute atomic E-state index is 0.617. The van der Waals surface area contributed by atoms with Crippen molar-refractivity contribution >= 4 is 56.0 Å². The number of allylic oxidation sites excluding steroid dienone is 2. The van der Waals surface area contributed by atoms with Crippen molar-refractivity contribution in [2.45, 2.75) is 19.3 Å². The Morgan fingerprint density at radius 3 is 1.79 bits per heavy atom. The van der Waals surface area contributed by atoms with Crippen molar-refractivity contribution in [3.05, 3.63) is 240 Å². The van der Waals surface area contributed by atoms with Gasteiger partial charge >= 0.3 is 0 Å². The topological polar surface area (TPSA) is 34.6 Å². The van der Waals surface area contributed by atoms with Gasteiger partial charge in [-0.05, 0) is 101 Å². The van der Waals surface area contributed by atoms with Crippen LogP contribution in [-0.4, -0.2) is 20.7 Å². The largest absolute Gasteiger partial charge is 0.310 e. The normalized spacial score (nSPS) is 13.7. The first-order valence-electron chi connectivity index (χ1n) is 21.9. The predicted octanol–water partition coefficient (Wildman–Crippen LogP) is 14.7. The molecule has 0 spiro atoms. The van der Waals surface area contributed by atoms with E-state index >= 15 is 0 Å². The van der Waals surface area contributed by atoms with E-state index in [9.17, 15) is 0 Å². The number of hydrogen-bond donors (Lipinski definition) is 0. The Morgan fingerprint density at radius 2 is 1.02 bits per heavy atom. The van der Waals surface area contributed by atoms with Crippen molar-refractivity contribution in [3.63, 3.8) is 0 Å². The molecular weight excluding hydrogens is 765 g/mol. The van der Waals surface area contributed by atoms with Crippen LogP contribution in [0.3, 0.4) is 0 Å². The third-order valence-electron chi connectivity index (χ3n) is 12.7. The number of para-hydroxylation sites is 3. The van der Waals surface area contributed by atoms with Crippen LogP contribution in [-0.2, 0) is 6.42 Å². The summed E-state index contributed by atoms with van der Waals surface area (Å²) in [5.74, 6) is 0.697. The zero-order chi connectivity index (χ0) is 41.7. The van der Waals surface area contributed by atoms with Gasteiger partial charge in [-0.2, -0.15) is 0 Å². The monoisotopic (exact) mass is 806 g/mol. The van der Waals surface area contributed by atoms with Gasteiger partial charge in [-0.25, -0.2) is 9.98 Å². The van der Waals surface area contributed by atoms with Crippen molar-refractivity contribution in [3.8, 4) is 33.6 Å². The summed E-state index contributed by atoms with van der Waals surface area (Å²) in [4.78, 5) is 11.2. The molecule has 8 aromatic carbocycles. The number of hydrogen-bond acceptors (Lipinski definition) is 2. The summed E-state index contributed by atoms with van der Waals surface area (Å²) in [5.41, 5.74) is 18.1. The van der Waals surface area contributed by atoms with Crippen molar-refractivity contribution in [2.75, 3.05) is 0 Å². The van der Waals surface area contributed by atoms with Crippen molar-refractivity contribution in [1.29, 1.82) is 0 Å². The van der Waals surface area contributed by atoms with E-state index in [1.165, 1.54) is 55.3 Å². The maximum absolute atomic E-state index is 5.61. The van der Waals surface area contributed by atoms with Crippen LogP contribution < -0.4 is 0 Å². The number of aliphatic imine (C=N–C) groups is 2. The second-order valence-electron chi connectivity index (χ2n) is 16.4. The molecule has 0 unspecified atom stereocenters. The molecule has 10 aromatic rings. The molecule has 4 heteroatoms. The molecule has 3 heterocycles. The van der Waals surface area contributed by atoms with E-state index in [4.69, 9.17) is 9.98 Å². The molecule has 0 radical (unpaired) electrons. The van der Waals surface area contributed by atoms with Crippen LogP contribution in [0.1, 0.15) is 40.8 Å². The molecule has 12 rings (SSSR count). The standard InChI is InChI=1S/C59H42N4/c1-4-18-40(19-5-1)45-24-10-11-25-46(45)47-26-12-13-29-51(47)59-60-53(41-33-37-57-52(38-41)49-28-15-17-31-56(49)62(57)43-20-6-2-7-21-43)35-36-54(61-59)42-32-34-50-48-27-14-16-30-55(48)63(58(50)39-42)44-22-8-3-9-23-44/h1-14,16-27,29-35,37-39H,15,28,36H2. The molecule has 0 saturated carbocycles. The molecule has 0 saturated heterocycles. The number of rotatable bonds is 7. The first-order valence-corrected chi connectivity index (χ1v) is 21.9. The second-order valence-corrected chi connectivity index (χ2v) is 16.4. The van der Waals surface area contributed by atoms with Crippen LogP contribution in [0, 0.1) is 0 Å². The van der Waals surface area contributed by atoms with Gasteiger partial charge in [0.1, 0.15) is 0 Å². The average molecular weight is 807 g/mol. The highest BCUT2D eigenvalue weighted by Gasteiger charge is 2.23. The van der Waals surface area contributed by atoms with E-state index < -0.39 is 0 Å². The van der Waals surface area contributed by atoms with Gasteiger partial charge < -0.3 is 9.13 Å². The Kier molecular flexibility index (Phi) is 9.00. The molecular formula is C59H42N4. The van der Waals surface area contributed by atoms with Crippen molar-refractivity contribution < 1.29 is 0 Å². The number of aryl methyl sites for hydroxylation is 1. The summed E-state index contributed by atoms with van der Waals surface area (Å²) in [6.07, 6.45) is 9.53. The number of aromatic nitrogens is 2. The molecule has 0 fully saturated rings. The van der Waals surface area contributed by atoms with Crippen molar-refractivity contribution in [2.24, 2.45) is 9.98 Å². The molecule has 0 bridgehead atoms. The zero-order valence-electron chi connectivity index (χ0n) is 34.7. The Bertz CT molecular complexity index is 3510. The van der Waals surface area contributed by atoms with Gasteiger partial charge in [-0.3, -0.25) is 0 Å². The van der Waals surface area contributed by atoms with Gasteiger partial charge in [0, 0.05) is 50.8 Å². The smallest absolute Gasteiger partial charge is 0.160 e. The van der Waals surface area contributed by atoms with Crippen molar-refractivity contribution in [1.82, 2.24) is 9.13 Å². The fraction of sp³-hybridized carbons (Fsp3) is 0.0508. The summed E-state index contributed by atoms with van der Waals surface area (Å²) < 4.78 is 4.79. The SMILES string of the molecule is C1=Cc2c(c3cc(C4=CCC(c5ccc6c7ccccc7n(-c7ccccc7)c6c5)=NC(c5ccccc5-c5ccccc5-c5ccccc5)=N4)ccc3n2-c2ccccc2)CC1. The summed E-state index contributed by atoms with van der Waals surface area (Å²) in [7, 11) is 0. The minimum atomic E-state index is 0.617. The van der Waals surface area contributed by atoms with E-state index in [2.05, 4.69) is 228 Å². The van der Waals surface area contributed by atoms with Gasteiger partial charge in [-0.1, -0.05) is 164 Å². The molecule has 1 aliphatic carbocycles. The van der Waals surface area contributed by atoms with Gasteiger partial charge in [0.05, 0.1) is 28.0 Å². The first kappa shape index (κ1) is 36.7. The zero-order valence-corrected chi connectivity index (χ0v) is 34.7. The van der Waals surface area contributed by atoms with Crippen LogP contribution in [0.15, 0.2) is 222 Å². The van der Waals surface area contributed by atoms with E-state index in [1.807, 2.05) is 0 Å². The van der Waals surface area contributed by atoms with Gasteiger partial charge in [0.25, 0.3) is 0 Å². The lowest BCUT2D eigenvalue weighted by molar-refractivity contribution is 0.967. The number of amidine groups is 1. The Morgan fingerprint density at radius 1 is 0.413 bits per heavy atom. The predicted molar refractivity (Wildman–Crippen MR) is 264 cm³/mol. The molecule has 0 amide bonds. The third kappa shape index (κ3) is 6.38. The first-order chi connectivity index (χ1) is 31.3. The lowest BCUT2D eigenvalue weighted by Gasteiger charge is -2.15. The molecule has 1 aliphatic heterocycles. The lowest BCUT2D eigenvalue weighted by Crippen LogP contribution is -2.07. The molecule has 4 nitrogen and oxygen atoms in total. The maximum atomic E-state index is 5.61. The fourth-order valence-electron chi connectivity index (χ4n) is 9.79. The quantitative estimate of drug-likeness (QED) is 0.154.